The molecule has 0 aliphatic heterocycles. The summed E-state index contributed by atoms with van der Waals surface area (Å²) in [5.74, 6) is -0.820. The van der Waals surface area contributed by atoms with Crippen molar-refractivity contribution in [2.24, 2.45) is 0 Å². The van der Waals surface area contributed by atoms with Crippen molar-refractivity contribution in [1.29, 1.82) is 0 Å². The number of carbonyl (C=O) groups excluding carboxylic acids is 1. The van der Waals surface area contributed by atoms with Gasteiger partial charge in [-0.05, 0) is 25.5 Å². The molecule has 0 unspecified atom stereocenters. The topological polar surface area (TPSA) is 69.6 Å². The SMILES string of the molecule is CSC1(CNC(=O)N(C)CCCC(=O)O)CCC1. The number of nitrogens with one attached hydrogen (secondary N) is 1. The Morgan fingerprint density at radius 2 is 2.11 bits per heavy atom. The van der Waals surface area contributed by atoms with Crippen LogP contribution in [0.25, 0.3) is 0 Å². The van der Waals surface area contributed by atoms with E-state index in [1.54, 1.807) is 11.9 Å². The van der Waals surface area contributed by atoms with Gasteiger partial charge in [-0.2, -0.15) is 11.8 Å². The Kier molecular flexibility index (Phi) is 5.78. The predicted molar refractivity (Wildman–Crippen MR) is 73.0 cm³/mol. The van der Waals surface area contributed by atoms with Gasteiger partial charge < -0.3 is 15.3 Å². The van der Waals surface area contributed by atoms with Gasteiger partial charge in [0, 0.05) is 31.3 Å². The number of thioether (sulfide) groups is 1. The molecule has 0 atom stereocenters. The molecule has 1 aliphatic carbocycles. The first-order valence-corrected chi connectivity index (χ1v) is 7.47. The average molecular weight is 274 g/mol. The van der Waals surface area contributed by atoms with E-state index in [4.69, 9.17) is 5.11 Å². The molecule has 2 amide bonds. The third-order valence-corrected chi connectivity index (χ3v) is 4.91. The Bertz CT molecular complexity index is 300. The molecule has 0 saturated heterocycles. The molecule has 0 aromatic heterocycles. The van der Waals surface area contributed by atoms with Crippen molar-refractivity contribution in [1.82, 2.24) is 10.2 Å². The molecule has 0 heterocycles. The molecule has 1 fully saturated rings. The van der Waals surface area contributed by atoms with Crippen LogP contribution >= 0.6 is 11.8 Å². The normalized spacial score (nSPS) is 16.8. The number of hydrogen-bond donors (Lipinski definition) is 2. The minimum Gasteiger partial charge on any atom is -0.481 e. The van der Waals surface area contributed by atoms with Crippen molar-refractivity contribution in [2.45, 2.75) is 36.9 Å². The molecular formula is C12H22N2O3S. The maximum absolute atomic E-state index is 11.8. The van der Waals surface area contributed by atoms with Gasteiger partial charge in [0.25, 0.3) is 0 Å². The summed E-state index contributed by atoms with van der Waals surface area (Å²) in [5, 5.41) is 11.5. The maximum Gasteiger partial charge on any atom is 0.317 e. The first-order valence-electron chi connectivity index (χ1n) is 6.25. The van der Waals surface area contributed by atoms with Crippen LogP contribution in [0.15, 0.2) is 0 Å². The van der Waals surface area contributed by atoms with Crippen LogP contribution in [0.5, 0.6) is 0 Å². The van der Waals surface area contributed by atoms with E-state index in [0.29, 0.717) is 19.5 Å². The fourth-order valence-electron chi connectivity index (χ4n) is 1.96. The van der Waals surface area contributed by atoms with Gasteiger partial charge in [-0.1, -0.05) is 6.42 Å². The van der Waals surface area contributed by atoms with E-state index in [1.807, 2.05) is 11.8 Å². The van der Waals surface area contributed by atoms with E-state index < -0.39 is 5.97 Å². The molecule has 0 radical (unpaired) electrons. The van der Waals surface area contributed by atoms with Crippen LogP contribution in [0.3, 0.4) is 0 Å². The maximum atomic E-state index is 11.8. The summed E-state index contributed by atoms with van der Waals surface area (Å²) in [5.41, 5.74) is 0. The van der Waals surface area contributed by atoms with Crippen LogP contribution in [0.4, 0.5) is 4.79 Å². The minimum atomic E-state index is -0.820. The fraction of sp³-hybridized carbons (Fsp3) is 0.833. The lowest BCUT2D eigenvalue weighted by Gasteiger charge is -2.40. The van der Waals surface area contributed by atoms with Crippen molar-refractivity contribution < 1.29 is 14.7 Å². The zero-order valence-electron chi connectivity index (χ0n) is 11.1. The third-order valence-electron chi connectivity index (χ3n) is 3.49. The highest BCUT2D eigenvalue weighted by Gasteiger charge is 2.36. The molecule has 6 heteroatoms. The molecule has 18 heavy (non-hydrogen) atoms. The first kappa shape index (κ1) is 15.1. The highest BCUT2D eigenvalue weighted by molar-refractivity contribution is 8.00. The van der Waals surface area contributed by atoms with E-state index in [-0.39, 0.29) is 17.2 Å². The number of carboxylic acid groups (broad SMARTS) is 1. The van der Waals surface area contributed by atoms with Crippen LogP contribution in [0.2, 0.25) is 0 Å². The highest BCUT2D eigenvalue weighted by Crippen LogP contribution is 2.42. The first-order chi connectivity index (χ1) is 8.49. The van der Waals surface area contributed by atoms with Crippen LogP contribution in [0.1, 0.15) is 32.1 Å². The highest BCUT2D eigenvalue weighted by atomic mass is 32.2. The van der Waals surface area contributed by atoms with Crippen LogP contribution in [-0.4, -0.2) is 53.1 Å². The van der Waals surface area contributed by atoms with Crippen molar-refractivity contribution in [3.05, 3.63) is 0 Å². The third kappa shape index (κ3) is 4.40. The number of amides is 2. The van der Waals surface area contributed by atoms with Gasteiger partial charge in [-0.3, -0.25) is 4.79 Å². The van der Waals surface area contributed by atoms with Gasteiger partial charge in [0.1, 0.15) is 0 Å². The number of rotatable bonds is 7. The average Bonchev–Trinajstić information content (AvgIpc) is 2.27. The summed E-state index contributed by atoms with van der Waals surface area (Å²) < 4.78 is 0.234. The van der Waals surface area contributed by atoms with Crippen molar-refractivity contribution >= 4 is 23.8 Å². The molecule has 1 rings (SSSR count). The van der Waals surface area contributed by atoms with E-state index in [1.165, 1.54) is 6.42 Å². The van der Waals surface area contributed by atoms with Gasteiger partial charge >= 0.3 is 12.0 Å². The number of carboxylic acids is 1. The zero-order chi connectivity index (χ0) is 13.6. The monoisotopic (exact) mass is 274 g/mol. The number of aliphatic carboxylic acids is 1. The van der Waals surface area contributed by atoms with Gasteiger partial charge in [0.05, 0.1) is 0 Å². The lowest BCUT2D eigenvalue weighted by molar-refractivity contribution is -0.137. The predicted octanol–water partition coefficient (Wildman–Crippen LogP) is 1.78. The second kappa shape index (κ2) is 6.87. The summed E-state index contributed by atoms with van der Waals surface area (Å²) in [4.78, 5) is 23.7. The second-order valence-electron chi connectivity index (χ2n) is 4.82. The Balaban J connectivity index is 2.21. The molecule has 0 bridgehead atoms. The lowest BCUT2D eigenvalue weighted by Crippen LogP contribution is -2.48. The van der Waals surface area contributed by atoms with E-state index in [0.717, 1.165) is 12.8 Å². The number of hydrogen-bond acceptors (Lipinski definition) is 3. The molecule has 1 aliphatic rings. The number of carbonyl (C=O) groups is 2. The molecule has 5 nitrogen and oxygen atoms in total. The van der Waals surface area contributed by atoms with Gasteiger partial charge in [-0.25, -0.2) is 4.79 Å². The van der Waals surface area contributed by atoms with Gasteiger partial charge in [0.2, 0.25) is 0 Å². The summed E-state index contributed by atoms with van der Waals surface area (Å²) in [6.45, 7) is 1.18. The van der Waals surface area contributed by atoms with E-state index in [9.17, 15) is 9.59 Å². The van der Waals surface area contributed by atoms with Crippen LogP contribution < -0.4 is 5.32 Å². The molecular weight excluding hydrogens is 252 g/mol. The van der Waals surface area contributed by atoms with E-state index in [2.05, 4.69) is 11.6 Å². The van der Waals surface area contributed by atoms with Crippen LogP contribution in [0, 0.1) is 0 Å². The Morgan fingerprint density at radius 3 is 2.56 bits per heavy atom. The van der Waals surface area contributed by atoms with Crippen molar-refractivity contribution in [3.8, 4) is 0 Å². The smallest absolute Gasteiger partial charge is 0.317 e. The summed E-state index contributed by atoms with van der Waals surface area (Å²) in [6.07, 6.45) is 6.25. The Hall–Kier alpha value is -0.910. The summed E-state index contributed by atoms with van der Waals surface area (Å²) in [6, 6.07) is -0.110. The Morgan fingerprint density at radius 1 is 1.44 bits per heavy atom. The largest absolute Gasteiger partial charge is 0.481 e. The van der Waals surface area contributed by atoms with Gasteiger partial charge in [0.15, 0.2) is 0 Å². The summed E-state index contributed by atoms with van der Waals surface area (Å²) in [7, 11) is 1.70. The standard InChI is InChI=1S/C12H22N2O3S/c1-14(8-3-5-10(15)16)11(17)13-9-12(18-2)6-4-7-12/h3-9H2,1-2H3,(H,13,17)(H,15,16). The zero-order valence-corrected chi connectivity index (χ0v) is 11.9. The summed E-state index contributed by atoms with van der Waals surface area (Å²) >= 11 is 1.82. The molecule has 1 saturated carbocycles. The molecule has 0 spiro atoms. The lowest BCUT2D eigenvalue weighted by atomic mass is 9.84. The molecule has 0 aromatic rings. The molecule has 2 N–H and O–H groups in total. The minimum absolute atomic E-state index is 0.104. The quantitative estimate of drug-likeness (QED) is 0.742. The van der Waals surface area contributed by atoms with Gasteiger partial charge in [-0.15, -0.1) is 0 Å². The van der Waals surface area contributed by atoms with Crippen LogP contribution in [-0.2, 0) is 4.79 Å². The Labute approximate surface area is 112 Å². The van der Waals surface area contributed by atoms with Crippen molar-refractivity contribution in [2.75, 3.05) is 26.4 Å². The molecule has 104 valence electrons. The fourth-order valence-corrected chi connectivity index (χ4v) is 2.88. The number of urea groups is 1. The van der Waals surface area contributed by atoms with Crippen molar-refractivity contribution in [3.63, 3.8) is 0 Å². The van der Waals surface area contributed by atoms with E-state index >= 15 is 0 Å². The molecule has 0 aromatic carbocycles. The second-order valence-corrected chi connectivity index (χ2v) is 6.09. The number of nitrogens with zero attached hydrogens (tertiary/aromatic N) is 1.